The second-order valence-corrected chi connectivity index (χ2v) is 14.5. The van der Waals surface area contributed by atoms with Crippen molar-refractivity contribution < 1.29 is 34.4 Å². The van der Waals surface area contributed by atoms with E-state index in [1.807, 2.05) is 76.4 Å². The summed E-state index contributed by atoms with van der Waals surface area (Å²) >= 11 is 0. The van der Waals surface area contributed by atoms with Crippen LogP contribution in [0.15, 0.2) is 120 Å². The number of carbonyl (C=O) groups excluding carboxylic acids is 1. The number of para-hydroxylation sites is 2. The van der Waals surface area contributed by atoms with Crippen LogP contribution in [0.2, 0.25) is 0 Å². The van der Waals surface area contributed by atoms with Crippen LogP contribution in [0.5, 0.6) is 0 Å². The molecule has 2 heterocycles. The van der Waals surface area contributed by atoms with Crippen molar-refractivity contribution in [3.8, 4) is 11.3 Å². The van der Waals surface area contributed by atoms with E-state index in [4.69, 9.17) is 9.40 Å². The molecule has 0 fully saturated rings. The standard InChI is InChI=1S/C34H29N2O.C13H24O2.Ir/c1-23-28-19-20-35-31(25-21-24-13-11-12-18-29(24)30(22-25)34(2,3)4)32(28)37-33(23)36(26-14-7-5-8-15-26)27-16-9-6-10-17-27;1-5-10(6-2)12(14)9-13(15)11(7-3)8-4;/h5-20,22H,1-4H3;9-11,14H,5-8H2,1-4H3;/q-1;;/b;12-9-;. The average molecular weight is 886 g/mol. The quantitative estimate of drug-likeness (QED) is 0.0797. The third-order valence-electron chi connectivity index (χ3n) is 9.98. The second kappa shape index (κ2) is 18.5. The largest absolute Gasteiger partial charge is 0.512 e. The summed E-state index contributed by atoms with van der Waals surface area (Å²) in [6.45, 7) is 16.9. The molecule has 2 aromatic heterocycles. The normalized spacial score (nSPS) is 11.8. The van der Waals surface area contributed by atoms with Crippen LogP contribution >= 0.6 is 0 Å². The second-order valence-electron chi connectivity index (χ2n) is 14.5. The van der Waals surface area contributed by atoms with E-state index < -0.39 is 0 Å². The molecule has 1 radical (unpaired) electrons. The molecule has 1 N–H and O–H groups in total. The molecule has 4 aromatic carbocycles. The SMILES string of the molecule is CCC(CC)C(=O)/C=C(\O)C(CC)CC.Cc1c(N(c2ccccc2)c2ccccc2)oc2c(-c3[c-]c4ccccc4c(C(C)(C)C)c3)nccc12.[Ir]. The van der Waals surface area contributed by atoms with E-state index in [1.54, 1.807) is 0 Å². The molecule has 6 aromatic rings. The summed E-state index contributed by atoms with van der Waals surface area (Å²) in [6.07, 6.45) is 6.78. The number of furan rings is 1. The zero-order chi connectivity index (χ0) is 37.4. The number of aryl methyl sites for hydroxylation is 1. The molecule has 0 aliphatic rings. The molecule has 6 rings (SSSR count). The van der Waals surface area contributed by atoms with E-state index >= 15 is 0 Å². The molecular formula is C47H53IrN2O3-. The number of nitrogens with zero attached hydrogens (tertiary/aromatic N) is 2. The molecule has 6 heteroatoms. The molecule has 0 spiro atoms. The van der Waals surface area contributed by atoms with Crippen molar-refractivity contribution >= 4 is 44.8 Å². The van der Waals surface area contributed by atoms with Crippen molar-refractivity contribution in [2.75, 3.05) is 4.90 Å². The number of rotatable bonds is 11. The number of aliphatic hydroxyl groups excluding tert-OH is 1. The van der Waals surface area contributed by atoms with Crippen molar-refractivity contribution in [3.05, 3.63) is 132 Å². The fraction of sp³-hybridized carbons (Fsp3) is 0.319. The number of aromatic nitrogens is 1. The van der Waals surface area contributed by atoms with E-state index in [1.165, 1.54) is 17.0 Å². The Morgan fingerprint density at radius 1 is 0.811 bits per heavy atom. The van der Waals surface area contributed by atoms with Crippen LogP contribution in [0.3, 0.4) is 0 Å². The Kier molecular flexibility index (Phi) is 14.4. The molecule has 0 saturated heterocycles. The Morgan fingerprint density at radius 2 is 1.36 bits per heavy atom. The van der Waals surface area contributed by atoms with Gasteiger partial charge in [0, 0.05) is 72.2 Å². The first kappa shape index (κ1) is 41.2. The van der Waals surface area contributed by atoms with E-state index in [9.17, 15) is 9.90 Å². The maximum absolute atomic E-state index is 11.7. The van der Waals surface area contributed by atoms with Gasteiger partial charge < -0.3 is 9.52 Å². The van der Waals surface area contributed by atoms with Crippen LogP contribution in [0.25, 0.3) is 33.0 Å². The molecule has 0 unspecified atom stereocenters. The first-order chi connectivity index (χ1) is 25.0. The Hall–Kier alpha value is -4.51. The van der Waals surface area contributed by atoms with E-state index in [0.717, 1.165) is 76.1 Å². The van der Waals surface area contributed by atoms with Crippen molar-refractivity contribution in [2.24, 2.45) is 11.8 Å². The zero-order valence-electron chi connectivity index (χ0n) is 32.4. The summed E-state index contributed by atoms with van der Waals surface area (Å²) in [5.74, 6) is 1.34. The van der Waals surface area contributed by atoms with Gasteiger partial charge in [-0.3, -0.25) is 14.7 Å². The summed E-state index contributed by atoms with van der Waals surface area (Å²) in [5.41, 5.74) is 6.93. The topological polar surface area (TPSA) is 66.6 Å². The third kappa shape index (κ3) is 9.36. The number of fused-ring (bicyclic) bond motifs is 2. The van der Waals surface area contributed by atoms with Gasteiger partial charge in [-0.05, 0) is 68.4 Å². The monoisotopic (exact) mass is 886 g/mol. The van der Waals surface area contributed by atoms with Crippen molar-refractivity contribution in [3.63, 3.8) is 0 Å². The number of anilines is 3. The smallest absolute Gasteiger partial charge is 0.207 e. The molecule has 0 atom stereocenters. The van der Waals surface area contributed by atoms with Crippen LogP contribution in [0, 0.1) is 24.8 Å². The molecule has 279 valence electrons. The molecule has 5 nitrogen and oxygen atoms in total. The maximum Gasteiger partial charge on any atom is 0.207 e. The number of pyridine rings is 1. The van der Waals surface area contributed by atoms with Gasteiger partial charge in [0.1, 0.15) is 5.58 Å². The average Bonchev–Trinajstić information content (AvgIpc) is 3.48. The van der Waals surface area contributed by atoms with Crippen molar-refractivity contribution in [1.29, 1.82) is 0 Å². The summed E-state index contributed by atoms with van der Waals surface area (Å²) < 4.78 is 6.74. The van der Waals surface area contributed by atoms with Crippen molar-refractivity contribution in [1.82, 2.24) is 4.98 Å². The van der Waals surface area contributed by atoms with Gasteiger partial charge in [0.15, 0.2) is 5.78 Å². The van der Waals surface area contributed by atoms with Gasteiger partial charge in [0.2, 0.25) is 5.88 Å². The Labute approximate surface area is 329 Å². The fourth-order valence-electron chi connectivity index (χ4n) is 6.84. The Bertz CT molecular complexity index is 2080. The molecule has 0 aliphatic heterocycles. The minimum atomic E-state index is -0.0288. The fourth-order valence-corrected chi connectivity index (χ4v) is 6.84. The van der Waals surface area contributed by atoms with Gasteiger partial charge >= 0.3 is 0 Å². The van der Waals surface area contributed by atoms with Crippen LogP contribution < -0.4 is 4.90 Å². The molecule has 0 aliphatic carbocycles. The number of allylic oxidation sites excluding steroid dienone is 2. The first-order valence-corrected chi connectivity index (χ1v) is 18.7. The molecular weight excluding hydrogens is 833 g/mol. The van der Waals surface area contributed by atoms with Gasteiger partial charge in [-0.15, -0.1) is 29.1 Å². The minimum absolute atomic E-state index is 0. The predicted octanol–water partition coefficient (Wildman–Crippen LogP) is 13.4. The summed E-state index contributed by atoms with van der Waals surface area (Å²) in [4.78, 5) is 18.7. The number of hydrogen-bond donors (Lipinski definition) is 1. The number of benzene rings is 4. The van der Waals surface area contributed by atoms with Crippen molar-refractivity contribution in [2.45, 2.75) is 86.5 Å². The van der Waals surface area contributed by atoms with Crippen LogP contribution in [-0.2, 0) is 30.3 Å². The third-order valence-corrected chi connectivity index (χ3v) is 9.98. The first-order valence-electron chi connectivity index (χ1n) is 18.7. The number of hydrogen-bond acceptors (Lipinski definition) is 5. The van der Waals surface area contributed by atoms with E-state index in [-0.39, 0.29) is 48.9 Å². The van der Waals surface area contributed by atoms with Crippen LogP contribution in [0.4, 0.5) is 17.3 Å². The summed E-state index contributed by atoms with van der Waals surface area (Å²) in [5, 5.41) is 13.1. The van der Waals surface area contributed by atoms with Crippen LogP contribution in [0.1, 0.15) is 85.3 Å². The number of carbonyl (C=O) groups is 1. The summed E-state index contributed by atoms with van der Waals surface area (Å²) in [7, 11) is 0. The number of ketones is 1. The molecule has 0 saturated carbocycles. The van der Waals surface area contributed by atoms with E-state index in [0.29, 0.717) is 0 Å². The maximum atomic E-state index is 11.7. The molecule has 53 heavy (non-hydrogen) atoms. The molecule has 0 amide bonds. The zero-order valence-corrected chi connectivity index (χ0v) is 34.8. The number of aliphatic hydroxyl groups is 1. The predicted molar refractivity (Wildman–Crippen MR) is 218 cm³/mol. The van der Waals surface area contributed by atoms with Gasteiger partial charge in [-0.2, -0.15) is 0 Å². The summed E-state index contributed by atoms with van der Waals surface area (Å²) in [6, 6.07) is 37.0. The Balaban J connectivity index is 0.000000335. The minimum Gasteiger partial charge on any atom is -0.512 e. The molecule has 0 bridgehead atoms. The van der Waals surface area contributed by atoms with Gasteiger partial charge in [0.25, 0.3) is 0 Å². The van der Waals surface area contributed by atoms with Gasteiger partial charge in [-0.25, -0.2) is 0 Å². The Morgan fingerprint density at radius 3 is 1.91 bits per heavy atom. The van der Waals surface area contributed by atoms with Crippen LogP contribution in [-0.4, -0.2) is 15.9 Å². The van der Waals surface area contributed by atoms with Gasteiger partial charge in [0.05, 0.1) is 5.76 Å². The van der Waals surface area contributed by atoms with E-state index in [2.05, 4.69) is 93.3 Å². The van der Waals surface area contributed by atoms with Gasteiger partial charge in [-0.1, -0.05) is 114 Å².